The zero-order valence-corrected chi connectivity index (χ0v) is 18.5. The molecule has 1 fully saturated rings. The molecule has 1 aliphatic heterocycles. The fourth-order valence-corrected chi connectivity index (χ4v) is 3.52. The molecule has 2 heterocycles. The van der Waals surface area contributed by atoms with Gasteiger partial charge in [0, 0.05) is 19.0 Å². The van der Waals surface area contributed by atoms with E-state index in [4.69, 9.17) is 9.47 Å². The van der Waals surface area contributed by atoms with Gasteiger partial charge >= 0.3 is 12.2 Å². The van der Waals surface area contributed by atoms with E-state index in [1.165, 1.54) is 4.68 Å². The molecule has 0 radical (unpaired) electrons. The number of rotatable bonds is 1. The highest BCUT2D eigenvalue weighted by Crippen LogP contribution is 2.30. The van der Waals surface area contributed by atoms with Crippen LogP contribution in [0, 0.1) is 3.57 Å². The Morgan fingerprint density at radius 1 is 1.04 bits per heavy atom. The molecule has 0 N–H and O–H groups in total. The van der Waals surface area contributed by atoms with Crippen molar-refractivity contribution in [3.63, 3.8) is 0 Å². The topological polar surface area (TPSA) is 73.7 Å². The van der Waals surface area contributed by atoms with Gasteiger partial charge in [-0.2, -0.15) is 9.78 Å². The summed E-state index contributed by atoms with van der Waals surface area (Å²) in [5, 5.41) is 4.45. The normalized spacial score (nSPS) is 16.5. The first kappa shape index (κ1) is 21.0. The molecule has 1 aromatic heterocycles. The van der Waals surface area contributed by atoms with Crippen LogP contribution in [0.4, 0.5) is 9.59 Å². The van der Waals surface area contributed by atoms with Gasteiger partial charge in [0.2, 0.25) is 0 Å². The largest absolute Gasteiger partial charge is 0.444 e. The molecular weight excluding hydrogens is 449 g/mol. The van der Waals surface area contributed by atoms with Crippen molar-refractivity contribution in [1.82, 2.24) is 14.7 Å². The molecule has 26 heavy (non-hydrogen) atoms. The highest BCUT2D eigenvalue weighted by molar-refractivity contribution is 14.1. The molecule has 7 nitrogen and oxygen atoms in total. The van der Waals surface area contributed by atoms with Gasteiger partial charge in [-0.15, -0.1) is 0 Å². The van der Waals surface area contributed by atoms with Crippen molar-refractivity contribution < 1.29 is 19.1 Å². The van der Waals surface area contributed by atoms with E-state index in [9.17, 15) is 9.59 Å². The number of hydrogen-bond acceptors (Lipinski definition) is 5. The molecule has 0 unspecified atom stereocenters. The maximum absolute atomic E-state index is 12.2. The number of ether oxygens (including phenoxy) is 2. The number of carbonyl (C=O) groups is 2. The molecule has 1 amide bonds. The molecule has 0 saturated carbocycles. The Bertz CT molecular complexity index is 665. The number of halogens is 1. The molecule has 0 aliphatic carbocycles. The highest BCUT2D eigenvalue weighted by atomic mass is 127. The first-order valence-electron chi connectivity index (χ1n) is 8.82. The molecule has 1 aromatic rings. The maximum Gasteiger partial charge on any atom is 0.435 e. The lowest BCUT2D eigenvalue weighted by atomic mass is 9.94. The van der Waals surface area contributed by atoms with E-state index in [1.54, 1.807) is 11.1 Å². The number of nitrogens with zero attached hydrogens (tertiary/aromatic N) is 3. The van der Waals surface area contributed by atoms with Crippen LogP contribution in [-0.4, -0.2) is 51.2 Å². The monoisotopic (exact) mass is 477 g/mol. The third-order valence-electron chi connectivity index (χ3n) is 3.81. The summed E-state index contributed by atoms with van der Waals surface area (Å²) >= 11 is 2.19. The number of piperidine rings is 1. The highest BCUT2D eigenvalue weighted by Gasteiger charge is 2.30. The number of amides is 1. The van der Waals surface area contributed by atoms with Crippen molar-refractivity contribution in [2.75, 3.05) is 13.1 Å². The Balaban J connectivity index is 1.99. The molecule has 1 saturated heterocycles. The van der Waals surface area contributed by atoms with E-state index in [2.05, 4.69) is 27.7 Å². The van der Waals surface area contributed by atoms with Crippen molar-refractivity contribution in [3.05, 3.63) is 15.5 Å². The van der Waals surface area contributed by atoms with Crippen molar-refractivity contribution in [1.29, 1.82) is 0 Å². The molecule has 0 spiro atoms. The van der Waals surface area contributed by atoms with Crippen LogP contribution in [-0.2, 0) is 9.47 Å². The average molecular weight is 477 g/mol. The molecular formula is C18H28IN3O4. The Labute approximate surface area is 168 Å². The summed E-state index contributed by atoms with van der Waals surface area (Å²) in [5.74, 6) is 0.212. The van der Waals surface area contributed by atoms with Crippen LogP contribution in [0.2, 0.25) is 0 Å². The van der Waals surface area contributed by atoms with Crippen LogP contribution in [0.15, 0.2) is 6.20 Å². The predicted octanol–water partition coefficient (Wildman–Crippen LogP) is 4.39. The number of aromatic nitrogens is 2. The Hall–Kier alpha value is -1.32. The van der Waals surface area contributed by atoms with Gasteiger partial charge in [0.1, 0.15) is 11.2 Å². The molecule has 146 valence electrons. The number of carbonyl (C=O) groups excluding carboxylic acids is 2. The first-order chi connectivity index (χ1) is 11.9. The fraction of sp³-hybridized carbons (Fsp3) is 0.722. The second-order valence-corrected chi connectivity index (χ2v) is 9.69. The van der Waals surface area contributed by atoms with Crippen molar-refractivity contribution >= 4 is 34.8 Å². The van der Waals surface area contributed by atoms with E-state index in [0.29, 0.717) is 13.1 Å². The minimum atomic E-state index is -0.562. The lowest BCUT2D eigenvalue weighted by Crippen LogP contribution is -2.41. The Kier molecular flexibility index (Phi) is 6.24. The van der Waals surface area contributed by atoms with Crippen LogP contribution in [0.1, 0.15) is 66.0 Å². The molecule has 2 rings (SSSR count). The van der Waals surface area contributed by atoms with Gasteiger partial charge in [-0.3, -0.25) is 0 Å². The summed E-state index contributed by atoms with van der Waals surface area (Å²) in [6.07, 6.45) is 2.53. The summed E-state index contributed by atoms with van der Waals surface area (Å²) in [4.78, 5) is 26.1. The fourth-order valence-electron chi connectivity index (χ4n) is 2.71. The minimum Gasteiger partial charge on any atom is -0.444 e. The smallest absolute Gasteiger partial charge is 0.435 e. The van der Waals surface area contributed by atoms with Crippen LogP contribution < -0.4 is 0 Å². The summed E-state index contributed by atoms with van der Waals surface area (Å²) in [6, 6.07) is 0. The Morgan fingerprint density at radius 3 is 2.04 bits per heavy atom. The second kappa shape index (κ2) is 7.74. The van der Waals surface area contributed by atoms with Gasteiger partial charge in [-0.25, -0.2) is 9.59 Å². The molecule has 8 heteroatoms. The standard InChI is InChI=1S/C18H28IN3O4/c1-17(2,3)25-15(23)21-9-7-12(8-10-21)14-13(19)11-22(20-14)16(24)26-18(4,5)6/h11-12H,7-10H2,1-6H3. The SMILES string of the molecule is CC(C)(C)OC(=O)N1CCC(c2nn(C(=O)OC(C)(C)C)cc2I)CC1. The first-order valence-corrected chi connectivity index (χ1v) is 9.90. The lowest BCUT2D eigenvalue weighted by Gasteiger charge is -2.33. The summed E-state index contributed by atoms with van der Waals surface area (Å²) in [5.41, 5.74) is -0.164. The van der Waals surface area contributed by atoms with Gasteiger partial charge in [0.05, 0.1) is 15.5 Å². The summed E-state index contributed by atoms with van der Waals surface area (Å²) in [6.45, 7) is 12.3. The average Bonchev–Trinajstić information content (AvgIpc) is 2.86. The number of hydrogen-bond donors (Lipinski definition) is 0. The van der Waals surface area contributed by atoms with Gasteiger partial charge in [0.15, 0.2) is 0 Å². The minimum absolute atomic E-state index is 0.212. The van der Waals surface area contributed by atoms with Crippen LogP contribution in [0.3, 0.4) is 0 Å². The van der Waals surface area contributed by atoms with E-state index in [0.717, 1.165) is 22.1 Å². The second-order valence-electron chi connectivity index (χ2n) is 8.53. The third-order valence-corrected chi connectivity index (χ3v) is 4.64. The van der Waals surface area contributed by atoms with Gasteiger partial charge in [-0.1, -0.05) is 0 Å². The van der Waals surface area contributed by atoms with E-state index < -0.39 is 17.3 Å². The summed E-state index contributed by atoms with van der Waals surface area (Å²) in [7, 11) is 0. The third kappa shape index (κ3) is 5.85. The van der Waals surface area contributed by atoms with Crippen molar-refractivity contribution in [3.8, 4) is 0 Å². The summed E-state index contributed by atoms with van der Waals surface area (Å²) < 4.78 is 13.0. The van der Waals surface area contributed by atoms with E-state index in [-0.39, 0.29) is 12.0 Å². The van der Waals surface area contributed by atoms with Crippen LogP contribution in [0.25, 0.3) is 0 Å². The van der Waals surface area contributed by atoms with Crippen molar-refractivity contribution in [2.45, 2.75) is 71.5 Å². The molecule has 1 aliphatic rings. The number of likely N-dealkylation sites (tertiary alicyclic amines) is 1. The van der Waals surface area contributed by atoms with E-state index in [1.807, 2.05) is 41.5 Å². The zero-order valence-electron chi connectivity index (χ0n) is 16.3. The predicted molar refractivity (Wildman–Crippen MR) is 106 cm³/mol. The molecule has 0 aromatic carbocycles. The lowest BCUT2D eigenvalue weighted by molar-refractivity contribution is 0.0204. The zero-order chi connectivity index (χ0) is 19.7. The maximum atomic E-state index is 12.2. The van der Waals surface area contributed by atoms with Crippen molar-refractivity contribution in [2.24, 2.45) is 0 Å². The van der Waals surface area contributed by atoms with E-state index >= 15 is 0 Å². The quantitative estimate of drug-likeness (QED) is 0.562. The molecule has 0 atom stereocenters. The van der Waals surface area contributed by atoms with Gasteiger partial charge < -0.3 is 14.4 Å². The molecule has 0 bridgehead atoms. The Morgan fingerprint density at radius 2 is 1.54 bits per heavy atom. The van der Waals surface area contributed by atoms with Crippen LogP contribution in [0.5, 0.6) is 0 Å². The van der Waals surface area contributed by atoms with Crippen LogP contribution >= 0.6 is 22.6 Å². The van der Waals surface area contributed by atoms with Gasteiger partial charge in [-0.05, 0) is 77.0 Å². The van der Waals surface area contributed by atoms with Gasteiger partial charge in [0.25, 0.3) is 0 Å².